The summed E-state index contributed by atoms with van der Waals surface area (Å²) in [6.45, 7) is 27.4. The summed E-state index contributed by atoms with van der Waals surface area (Å²) in [4.78, 5) is 1.96. The minimum Gasteiger partial charge on any atom is -0.348 e. The molecule has 1 aromatic rings. The minimum atomic E-state index is -4.16. The molecule has 0 amide bonds. The third-order valence-electron chi connectivity index (χ3n) is 5.91. The van der Waals surface area contributed by atoms with Gasteiger partial charge in [-0.3, -0.25) is 0 Å². The molecule has 0 N–H and O–H groups in total. The van der Waals surface area contributed by atoms with Gasteiger partial charge in [0.05, 0.1) is 6.42 Å². The minimum absolute atomic E-state index is 0.281. The number of alkyl halides is 4. The second-order valence-corrected chi connectivity index (χ2v) is 10.2. The fraction of sp³-hybridized carbons (Fsp3) is 0.730. The largest absolute Gasteiger partial charge is 0.393 e. The Morgan fingerprint density at radius 1 is 0.833 bits per heavy atom. The predicted molar refractivity (Wildman–Crippen MR) is 190 cm³/mol. The Bertz CT molecular complexity index is 686. The van der Waals surface area contributed by atoms with Crippen molar-refractivity contribution in [3.63, 3.8) is 0 Å². The van der Waals surface area contributed by atoms with E-state index in [0.29, 0.717) is 0 Å². The molecule has 42 heavy (non-hydrogen) atoms. The van der Waals surface area contributed by atoms with E-state index in [4.69, 9.17) is 11.6 Å². The Kier molecular flexibility index (Phi) is 45.0. The van der Waals surface area contributed by atoms with Crippen molar-refractivity contribution in [1.82, 2.24) is 0 Å². The van der Waals surface area contributed by atoms with Crippen LogP contribution in [0.25, 0.3) is 0 Å². The Hall–Kier alpha value is -1.42. The molecule has 1 rings (SSSR count). The lowest BCUT2D eigenvalue weighted by Gasteiger charge is -2.21. The SMILES string of the molecule is CC.CC.CC/C=C(C)\C=C(\C)N(C)c1ccc(CC(F)(F)F)cc1.CCCC.CCCCCC(C)CC.CCCCl. The molecule has 0 bridgehead atoms. The molecule has 0 radical (unpaired) electrons. The summed E-state index contributed by atoms with van der Waals surface area (Å²) in [6, 6.07) is 6.50. The first kappa shape index (κ1) is 50.2. The van der Waals surface area contributed by atoms with E-state index in [2.05, 4.69) is 53.7 Å². The summed E-state index contributed by atoms with van der Waals surface area (Å²) < 4.78 is 37.0. The number of nitrogens with zero attached hydrogens (tertiary/aromatic N) is 1. The highest BCUT2D eigenvalue weighted by Gasteiger charge is 2.27. The maximum Gasteiger partial charge on any atom is 0.393 e. The topological polar surface area (TPSA) is 3.24 Å². The Balaban J connectivity index is -0.000000179. The van der Waals surface area contributed by atoms with Gasteiger partial charge >= 0.3 is 6.18 Å². The lowest BCUT2D eigenvalue weighted by molar-refractivity contribution is -0.127. The number of benzene rings is 1. The maximum atomic E-state index is 12.3. The molecule has 0 heterocycles. The van der Waals surface area contributed by atoms with Crippen molar-refractivity contribution in [3.8, 4) is 0 Å². The first-order valence-corrected chi connectivity index (χ1v) is 17.2. The van der Waals surface area contributed by atoms with Crippen LogP contribution >= 0.6 is 11.6 Å². The molecule has 0 aliphatic heterocycles. The lowest BCUT2D eigenvalue weighted by atomic mass is 10.0. The van der Waals surface area contributed by atoms with E-state index in [1.165, 1.54) is 62.7 Å². The molecule has 0 saturated heterocycles. The van der Waals surface area contributed by atoms with Gasteiger partial charge < -0.3 is 4.90 Å². The monoisotopic (exact) mass is 622 g/mol. The molecule has 0 aliphatic carbocycles. The first-order chi connectivity index (χ1) is 19.9. The molecule has 0 spiro atoms. The molecule has 0 aliphatic rings. The summed E-state index contributed by atoms with van der Waals surface area (Å²) >= 11 is 5.19. The fourth-order valence-corrected chi connectivity index (χ4v) is 3.03. The van der Waals surface area contributed by atoms with E-state index in [1.54, 1.807) is 12.1 Å². The van der Waals surface area contributed by atoms with Gasteiger partial charge in [0.15, 0.2) is 0 Å². The van der Waals surface area contributed by atoms with E-state index in [1.807, 2.05) is 60.4 Å². The summed E-state index contributed by atoms with van der Waals surface area (Å²) in [5.74, 6) is 1.75. The van der Waals surface area contributed by atoms with Crippen molar-refractivity contribution in [1.29, 1.82) is 0 Å². The number of hydrogen-bond acceptors (Lipinski definition) is 1. The van der Waals surface area contributed by atoms with Gasteiger partial charge in [-0.2, -0.15) is 13.2 Å². The van der Waals surface area contributed by atoms with E-state index in [9.17, 15) is 13.2 Å². The number of allylic oxidation sites excluding steroid dienone is 4. The number of anilines is 1. The number of rotatable bonds is 12. The van der Waals surface area contributed by atoms with Crippen LogP contribution in [-0.2, 0) is 6.42 Å². The zero-order valence-corrected chi connectivity index (χ0v) is 31.0. The van der Waals surface area contributed by atoms with Crippen LogP contribution in [0.2, 0.25) is 0 Å². The van der Waals surface area contributed by atoms with Crippen molar-refractivity contribution >= 4 is 17.3 Å². The Labute approximate surface area is 267 Å². The quantitative estimate of drug-likeness (QED) is 0.127. The molecule has 0 saturated carbocycles. The van der Waals surface area contributed by atoms with Gasteiger partial charge in [0.2, 0.25) is 0 Å². The number of halogens is 4. The standard InChI is InChI=1S/C17H22F3N.C9H20.C4H10.C3H7Cl.2C2H6/c1-5-6-13(2)11-14(3)21(4)16-9-7-15(8-10-16)12-17(18,19)20;1-4-6-7-8-9(3)5-2;1-3-4-2;1-2-3-4;2*1-2/h6-11H,5,12H2,1-4H3;9H,4-8H2,1-3H3;3-4H2,1-2H3;2-3H2,1H3;2*1-2H3/b13-6-,14-11-;;;;;. The molecule has 1 atom stereocenters. The van der Waals surface area contributed by atoms with Gasteiger partial charge in [0.25, 0.3) is 0 Å². The highest BCUT2D eigenvalue weighted by atomic mass is 35.5. The average Bonchev–Trinajstić information content (AvgIpc) is 2.99. The van der Waals surface area contributed by atoms with E-state index >= 15 is 0 Å². The van der Waals surface area contributed by atoms with Gasteiger partial charge in [0, 0.05) is 24.3 Å². The Morgan fingerprint density at radius 3 is 1.64 bits per heavy atom. The Morgan fingerprint density at radius 2 is 1.31 bits per heavy atom. The van der Waals surface area contributed by atoms with Gasteiger partial charge in [-0.15, -0.1) is 11.6 Å². The summed E-state index contributed by atoms with van der Waals surface area (Å²) in [7, 11) is 1.91. The lowest BCUT2D eigenvalue weighted by Crippen LogP contribution is -2.15. The highest BCUT2D eigenvalue weighted by molar-refractivity contribution is 6.17. The van der Waals surface area contributed by atoms with Crippen LogP contribution in [0.4, 0.5) is 18.9 Å². The summed E-state index contributed by atoms with van der Waals surface area (Å²) in [5.41, 5.74) is 3.37. The molecular formula is C37H71ClF3N. The molecule has 0 fully saturated rings. The molecule has 1 aromatic carbocycles. The van der Waals surface area contributed by atoms with E-state index in [0.717, 1.165) is 36.0 Å². The zero-order chi connectivity index (χ0) is 34.0. The molecule has 1 unspecified atom stereocenters. The van der Waals surface area contributed by atoms with Crippen molar-refractivity contribution in [2.45, 2.75) is 160 Å². The van der Waals surface area contributed by atoms with Gasteiger partial charge in [-0.05, 0) is 56.4 Å². The molecular weight excluding hydrogens is 551 g/mol. The predicted octanol–water partition coefficient (Wildman–Crippen LogP) is 14.6. The molecule has 1 nitrogen and oxygen atoms in total. The highest BCUT2D eigenvalue weighted by Crippen LogP contribution is 2.24. The van der Waals surface area contributed by atoms with Crippen LogP contribution in [0.3, 0.4) is 0 Å². The number of hydrogen-bond donors (Lipinski definition) is 0. The third-order valence-corrected chi connectivity index (χ3v) is 6.28. The summed E-state index contributed by atoms with van der Waals surface area (Å²) in [5, 5.41) is 0. The first-order valence-electron chi connectivity index (χ1n) is 16.7. The second-order valence-electron chi connectivity index (χ2n) is 9.86. The van der Waals surface area contributed by atoms with Gasteiger partial charge in [-0.1, -0.05) is 145 Å². The smallest absolute Gasteiger partial charge is 0.348 e. The summed E-state index contributed by atoms with van der Waals surface area (Å²) in [6.07, 6.45) is 10.8. The normalized spacial score (nSPS) is 11.4. The maximum absolute atomic E-state index is 12.3. The molecule has 252 valence electrons. The molecule has 5 heteroatoms. The van der Waals surface area contributed by atoms with Crippen LogP contribution < -0.4 is 4.90 Å². The van der Waals surface area contributed by atoms with Crippen molar-refractivity contribution in [2.75, 3.05) is 17.8 Å². The fourth-order valence-electron chi connectivity index (χ4n) is 3.03. The van der Waals surface area contributed by atoms with Crippen molar-refractivity contribution in [3.05, 3.63) is 53.3 Å². The van der Waals surface area contributed by atoms with E-state index in [-0.39, 0.29) is 5.56 Å². The average molecular weight is 622 g/mol. The van der Waals surface area contributed by atoms with Gasteiger partial charge in [-0.25, -0.2) is 0 Å². The van der Waals surface area contributed by atoms with Gasteiger partial charge in [0.1, 0.15) is 0 Å². The zero-order valence-electron chi connectivity index (χ0n) is 30.3. The van der Waals surface area contributed by atoms with Crippen LogP contribution in [0.5, 0.6) is 0 Å². The van der Waals surface area contributed by atoms with Crippen LogP contribution in [-0.4, -0.2) is 19.1 Å². The van der Waals surface area contributed by atoms with Crippen molar-refractivity contribution < 1.29 is 13.2 Å². The van der Waals surface area contributed by atoms with Crippen molar-refractivity contribution in [2.24, 2.45) is 5.92 Å². The van der Waals surface area contributed by atoms with Crippen LogP contribution in [0, 0.1) is 5.92 Å². The van der Waals surface area contributed by atoms with Crippen LogP contribution in [0.1, 0.15) is 153 Å². The number of unbranched alkanes of at least 4 members (excludes halogenated alkanes) is 3. The van der Waals surface area contributed by atoms with Crippen LogP contribution in [0.15, 0.2) is 47.7 Å². The van der Waals surface area contributed by atoms with E-state index < -0.39 is 12.6 Å². The molecule has 0 aromatic heterocycles. The second kappa shape index (κ2) is 37.6. The third kappa shape index (κ3) is 38.6.